The molecular formula is C11H11F2N3O2. The monoisotopic (exact) mass is 255 g/mol. The minimum Gasteiger partial charge on any atom is -0.507 e. The number of methoxy groups -OCH3 is 1. The summed E-state index contributed by atoms with van der Waals surface area (Å²) in [5.74, 6) is -0.142. The van der Waals surface area contributed by atoms with E-state index in [1.807, 2.05) is 0 Å². The fourth-order valence-corrected chi connectivity index (χ4v) is 1.63. The van der Waals surface area contributed by atoms with Gasteiger partial charge in [0.2, 0.25) is 0 Å². The van der Waals surface area contributed by atoms with Crippen LogP contribution in [0.25, 0.3) is 11.1 Å². The molecule has 0 saturated carbocycles. The molecule has 0 aliphatic rings. The van der Waals surface area contributed by atoms with E-state index in [0.29, 0.717) is 5.56 Å². The number of H-pyrrole nitrogens is 1. The first-order valence-corrected chi connectivity index (χ1v) is 5.02. The fourth-order valence-electron chi connectivity index (χ4n) is 1.63. The zero-order valence-corrected chi connectivity index (χ0v) is 9.45. The SMILES string of the molecule is COc1cc(-c2cn[nH]c2N)c(O)c(C(F)F)c1. The van der Waals surface area contributed by atoms with Crippen molar-refractivity contribution in [2.24, 2.45) is 0 Å². The van der Waals surface area contributed by atoms with Crippen LogP contribution in [0.15, 0.2) is 18.3 Å². The van der Waals surface area contributed by atoms with E-state index in [0.717, 1.165) is 6.07 Å². The average Bonchev–Trinajstić information content (AvgIpc) is 2.75. The maximum Gasteiger partial charge on any atom is 0.267 e. The van der Waals surface area contributed by atoms with Crippen LogP contribution in [-0.4, -0.2) is 22.4 Å². The van der Waals surface area contributed by atoms with Gasteiger partial charge in [-0.05, 0) is 12.1 Å². The number of aromatic nitrogens is 2. The molecule has 0 aliphatic heterocycles. The Bertz CT molecular complexity index is 569. The maximum atomic E-state index is 12.8. The number of halogens is 2. The van der Waals surface area contributed by atoms with Crippen molar-refractivity contribution < 1.29 is 18.6 Å². The van der Waals surface area contributed by atoms with Gasteiger partial charge in [-0.15, -0.1) is 0 Å². The molecule has 1 aromatic heterocycles. The molecule has 0 atom stereocenters. The first-order chi connectivity index (χ1) is 8.54. The second kappa shape index (κ2) is 4.52. The molecule has 0 spiro atoms. The minimum absolute atomic E-state index is 0.149. The van der Waals surface area contributed by atoms with Crippen LogP contribution in [0.1, 0.15) is 12.0 Å². The van der Waals surface area contributed by atoms with Crippen molar-refractivity contribution in [3.63, 3.8) is 0 Å². The summed E-state index contributed by atoms with van der Waals surface area (Å²) in [6.07, 6.45) is -1.47. The summed E-state index contributed by atoms with van der Waals surface area (Å²) in [6.45, 7) is 0. The Morgan fingerprint density at radius 2 is 2.11 bits per heavy atom. The summed E-state index contributed by atoms with van der Waals surface area (Å²) in [5, 5.41) is 16.0. The molecule has 1 aromatic carbocycles. The molecule has 1 heterocycles. The molecule has 5 nitrogen and oxygen atoms in total. The zero-order chi connectivity index (χ0) is 13.3. The van der Waals surface area contributed by atoms with Gasteiger partial charge < -0.3 is 15.6 Å². The van der Waals surface area contributed by atoms with Gasteiger partial charge in [0.05, 0.1) is 18.9 Å². The quantitative estimate of drug-likeness (QED) is 0.785. The number of aromatic hydroxyl groups is 1. The van der Waals surface area contributed by atoms with Crippen molar-refractivity contribution in [1.82, 2.24) is 10.2 Å². The predicted molar refractivity (Wildman–Crippen MR) is 61.6 cm³/mol. The molecule has 0 unspecified atom stereocenters. The number of anilines is 1. The Labute approximate surface area is 101 Å². The molecule has 96 valence electrons. The molecule has 18 heavy (non-hydrogen) atoms. The molecule has 0 amide bonds. The van der Waals surface area contributed by atoms with E-state index < -0.39 is 17.7 Å². The molecule has 4 N–H and O–H groups in total. The minimum atomic E-state index is -2.81. The summed E-state index contributed by atoms with van der Waals surface area (Å²) < 4.78 is 30.5. The van der Waals surface area contributed by atoms with E-state index in [4.69, 9.17) is 10.5 Å². The number of hydrogen-bond donors (Lipinski definition) is 3. The maximum absolute atomic E-state index is 12.8. The third-order valence-electron chi connectivity index (χ3n) is 2.54. The first-order valence-electron chi connectivity index (χ1n) is 5.02. The van der Waals surface area contributed by atoms with E-state index in [1.165, 1.54) is 19.4 Å². The van der Waals surface area contributed by atoms with Crippen molar-refractivity contribution >= 4 is 5.82 Å². The highest BCUT2D eigenvalue weighted by Crippen LogP contribution is 2.41. The molecular weight excluding hydrogens is 244 g/mol. The topological polar surface area (TPSA) is 84.2 Å². The van der Waals surface area contributed by atoms with Crippen molar-refractivity contribution in [2.45, 2.75) is 6.43 Å². The number of phenols is 1. The zero-order valence-electron chi connectivity index (χ0n) is 9.45. The van der Waals surface area contributed by atoms with E-state index in [-0.39, 0.29) is 17.1 Å². The van der Waals surface area contributed by atoms with Gasteiger partial charge in [-0.2, -0.15) is 5.10 Å². The summed E-state index contributed by atoms with van der Waals surface area (Å²) in [7, 11) is 1.35. The third kappa shape index (κ3) is 1.94. The Kier molecular flexibility index (Phi) is 3.05. The molecule has 7 heteroatoms. The van der Waals surface area contributed by atoms with Gasteiger partial charge in [-0.1, -0.05) is 0 Å². The lowest BCUT2D eigenvalue weighted by molar-refractivity contribution is 0.147. The predicted octanol–water partition coefficient (Wildman–Crippen LogP) is 2.31. The summed E-state index contributed by atoms with van der Waals surface area (Å²) >= 11 is 0. The second-order valence-corrected chi connectivity index (χ2v) is 3.61. The Hall–Kier alpha value is -2.31. The highest BCUT2D eigenvalue weighted by atomic mass is 19.3. The first kappa shape index (κ1) is 12.2. The lowest BCUT2D eigenvalue weighted by Gasteiger charge is -2.11. The Morgan fingerprint density at radius 1 is 1.39 bits per heavy atom. The number of nitrogens with one attached hydrogen (secondary N) is 1. The van der Waals surface area contributed by atoms with E-state index in [2.05, 4.69) is 10.2 Å². The number of hydrogen-bond acceptors (Lipinski definition) is 4. The van der Waals surface area contributed by atoms with Crippen molar-refractivity contribution in [3.8, 4) is 22.6 Å². The summed E-state index contributed by atoms with van der Waals surface area (Å²) in [4.78, 5) is 0. The third-order valence-corrected chi connectivity index (χ3v) is 2.54. The van der Waals surface area contributed by atoms with Crippen LogP contribution < -0.4 is 10.5 Å². The van der Waals surface area contributed by atoms with Gasteiger partial charge in [0.1, 0.15) is 17.3 Å². The molecule has 2 rings (SSSR count). The number of nitrogen functional groups attached to an aromatic ring is 1. The van der Waals surface area contributed by atoms with Crippen LogP contribution in [0.4, 0.5) is 14.6 Å². The van der Waals surface area contributed by atoms with Gasteiger partial charge in [-0.25, -0.2) is 8.78 Å². The number of ether oxygens (including phenoxy) is 1. The fraction of sp³-hybridized carbons (Fsp3) is 0.182. The molecule has 2 aromatic rings. The molecule has 0 fully saturated rings. The number of phenolic OH excluding ortho intramolecular Hbond substituents is 1. The number of benzene rings is 1. The van der Waals surface area contributed by atoms with Crippen LogP contribution in [-0.2, 0) is 0 Å². The van der Waals surface area contributed by atoms with Crippen LogP contribution in [0, 0.1) is 0 Å². The highest BCUT2D eigenvalue weighted by Gasteiger charge is 2.20. The Morgan fingerprint density at radius 3 is 2.61 bits per heavy atom. The van der Waals surface area contributed by atoms with E-state index in [9.17, 15) is 13.9 Å². The molecule has 0 radical (unpaired) electrons. The number of aromatic amines is 1. The summed E-state index contributed by atoms with van der Waals surface area (Å²) in [6, 6.07) is 2.50. The van der Waals surface area contributed by atoms with Crippen molar-refractivity contribution in [1.29, 1.82) is 0 Å². The van der Waals surface area contributed by atoms with Crippen LogP contribution >= 0.6 is 0 Å². The molecule has 0 bridgehead atoms. The number of rotatable bonds is 3. The number of nitrogens with zero attached hydrogens (tertiary/aromatic N) is 1. The number of alkyl halides is 2. The normalized spacial score (nSPS) is 10.9. The van der Waals surface area contributed by atoms with Crippen molar-refractivity contribution in [3.05, 3.63) is 23.9 Å². The standard InChI is InChI=1S/C11H11F2N3O2/c1-18-5-2-6(8-4-15-16-11(8)14)9(17)7(3-5)10(12)13/h2-4,10,17H,1H3,(H3,14,15,16). The van der Waals surface area contributed by atoms with Crippen LogP contribution in [0.5, 0.6) is 11.5 Å². The Balaban J connectivity index is 2.67. The average molecular weight is 255 g/mol. The summed E-state index contributed by atoms with van der Waals surface area (Å²) in [5.41, 5.74) is 5.58. The van der Waals surface area contributed by atoms with Crippen LogP contribution in [0.2, 0.25) is 0 Å². The van der Waals surface area contributed by atoms with Crippen molar-refractivity contribution in [2.75, 3.05) is 12.8 Å². The van der Waals surface area contributed by atoms with E-state index in [1.54, 1.807) is 0 Å². The van der Waals surface area contributed by atoms with Gasteiger partial charge in [0.25, 0.3) is 6.43 Å². The largest absolute Gasteiger partial charge is 0.507 e. The van der Waals surface area contributed by atoms with E-state index >= 15 is 0 Å². The van der Waals surface area contributed by atoms with Gasteiger partial charge in [0, 0.05) is 11.1 Å². The number of nitrogens with two attached hydrogens (primary N) is 1. The van der Waals surface area contributed by atoms with Gasteiger partial charge in [0.15, 0.2) is 0 Å². The second-order valence-electron chi connectivity index (χ2n) is 3.61. The highest BCUT2D eigenvalue weighted by molar-refractivity contribution is 5.80. The lowest BCUT2D eigenvalue weighted by Crippen LogP contribution is -1.94. The van der Waals surface area contributed by atoms with Crippen LogP contribution in [0.3, 0.4) is 0 Å². The van der Waals surface area contributed by atoms with Gasteiger partial charge >= 0.3 is 0 Å². The molecule has 0 saturated heterocycles. The van der Waals surface area contributed by atoms with Gasteiger partial charge in [-0.3, -0.25) is 5.10 Å². The smallest absolute Gasteiger partial charge is 0.267 e. The lowest BCUT2D eigenvalue weighted by atomic mass is 10.0. The molecule has 0 aliphatic carbocycles.